The molecule has 2 saturated heterocycles. The highest BCUT2D eigenvalue weighted by atomic mass is 32.2. The molecule has 0 spiro atoms. The van der Waals surface area contributed by atoms with Gasteiger partial charge in [0.1, 0.15) is 0 Å². The van der Waals surface area contributed by atoms with Crippen molar-refractivity contribution in [2.75, 3.05) is 57.4 Å². The van der Waals surface area contributed by atoms with E-state index >= 15 is 0 Å². The lowest BCUT2D eigenvalue weighted by Gasteiger charge is -2.31. The molecule has 5 nitrogen and oxygen atoms in total. The van der Waals surface area contributed by atoms with Crippen molar-refractivity contribution in [2.24, 2.45) is 0 Å². The Hall–Kier alpha value is -0.460. The van der Waals surface area contributed by atoms with Crippen molar-refractivity contribution in [1.82, 2.24) is 15.1 Å². The number of nitrogens with one attached hydrogen (secondary N) is 1. The Morgan fingerprint density at radius 2 is 1.94 bits per heavy atom. The molecule has 2 amide bonds. The van der Waals surface area contributed by atoms with Gasteiger partial charge < -0.3 is 15.0 Å². The third kappa shape index (κ3) is 4.33. The first-order valence-electron chi connectivity index (χ1n) is 6.69. The van der Waals surface area contributed by atoms with Crippen molar-refractivity contribution in [1.29, 1.82) is 0 Å². The lowest BCUT2D eigenvalue weighted by molar-refractivity contribution is 0.0346. The molecule has 0 aromatic carbocycles. The van der Waals surface area contributed by atoms with Gasteiger partial charge in [-0.25, -0.2) is 4.79 Å². The molecule has 2 heterocycles. The van der Waals surface area contributed by atoms with Crippen molar-refractivity contribution < 1.29 is 9.53 Å². The topological polar surface area (TPSA) is 44.8 Å². The largest absolute Gasteiger partial charge is 0.379 e. The summed E-state index contributed by atoms with van der Waals surface area (Å²) in [5, 5.41) is 3.09. The Bertz CT molecular complexity index is 266. The van der Waals surface area contributed by atoms with E-state index in [4.69, 9.17) is 4.74 Å². The lowest BCUT2D eigenvalue weighted by Crippen LogP contribution is -2.51. The quantitative estimate of drug-likeness (QED) is 0.812. The zero-order valence-corrected chi connectivity index (χ0v) is 11.9. The summed E-state index contributed by atoms with van der Waals surface area (Å²) in [7, 11) is 0. The number of urea groups is 1. The van der Waals surface area contributed by atoms with Gasteiger partial charge in [-0.2, -0.15) is 11.8 Å². The summed E-state index contributed by atoms with van der Waals surface area (Å²) in [4.78, 5) is 16.3. The van der Waals surface area contributed by atoms with Gasteiger partial charge in [-0.05, 0) is 6.92 Å². The Morgan fingerprint density at radius 1 is 1.28 bits per heavy atom. The summed E-state index contributed by atoms with van der Waals surface area (Å²) in [6.07, 6.45) is 0. The second-order valence-corrected chi connectivity index (χ2v) is 6.09. The summed E-state index contributed by atoms with van der Waals surface area (Å²) in [6.45, 7) is 8.31. The summed E-state index contributed by atoms with van der Waals surface area (Å²) >= 11 is 1.92. The van der Waals surface area contributed by atoms with Crippen LogP contribution in [0, 0.1) is 0 Å². The highest BCUT2D eigenvalue weighted by Crippen LogP contribution is 2.09. The smallest absolute Gasteiger partial charge is 0.317 e. The number of carbonyl (C=O) groups is 1. The summed E-state index contributed by atoms with van der Waals surface area (Å²) in [5.41, 5.74) is 0. The van der Waals surface area contributed by atoms with Crippen molar-refractivity contribution in [2.45, 2.75) is 13.0 Å². The zero-order valence-electron chi connectivity index (χ0n) is 11.1. The number of carbonyl (C=O) groups excluding carboxylic acids is 1. The van der Waals surface area contributed by atoms with Gasteiger partial charge in [0.15, 0.2) is 0 Å². The minimum Gasteiger partial charge on any atom is -0.379 e. The molecule has 2 fully saturated rings. The normalized spacial score (nSPS) is 23.7. The fourth-order valence-electron chi connectivity index (χ4n) is 2.29. The van der Waals surface area contributed by atoms with E-state index in [0.717, 1.165) is 57.4 Å². The summed E-state index contributed by atoms with van der Waals surface area (Å²) < 4.78 is 5.32. The number of thioether (sulfide) groups is 1. The van der Waals surface area contributed by atoms with Gasteiger partial charge in [0.05, 0.1) is 13.2 Å². The van der Waals surface area contributed by atoms with E-state index in [-0.39, 0.29) is 12.1 Å². The predicted octanol–water partition coefficient (Wildman–Crippen LogP) is 0.466. The molecule has 2 rings (SSSR count). The predicted molar refractivity (Wildman–Crippen MR) is 74.2 cm³/mol. The van der Waals surface area contributed by atoms with Crippen molar-refractivity contribution in [3.63, 3.8) is 0 Å². The summed E-state index contributed by atoms with van der Waals surface area (Å²) in [5.74, 6) is 2.12. The van der Waals surface area contributed by atoms with Gasteiger partial charge >= 0.3 is 6.03 Å². The Kier molecular flexibility index (Phi) is 5.59. The average molecular weight is 273 g/mol. The van der Waals surface area contributed by atoms with E-state index < -0.39 is 0 Å². The number of hydrogen-bond acceptors (Lipinski definition) is 4. The van der Waals surface area contributed by atoms with Crippen molar-refractivity contribution >= 4 is 17.8 Å². The van der Waals surface area contributed by atoms with E-state index in [2.05, 4.69) is 17.1 Å². The Morgan fingerprint density at radius 3 is 2.61 bits per heavy atom. The second-order valence-electron chi connectivity index (χ2n) is 4.86. The SMILES string of the molecule is CC(CN1CCOCC1)NC(=O)N1CCSCC1. The zero-order chi connectivity index (χ0) is 12.8. The highest BCUT2D eigenvalue weighted by molar-refractivity contribution is 7.99. The maximum absolute atomic E-state index is 12.0. The molecule has 0 aromatic rings. The standard InChI is InChI=1S/C12H23N3O2S/c1-11(10-14-2-6-17-7-3-14)13-12(16)15-4-8-18-9-5-15/h11H,2-10H2,1H3,(H,13,16). The molecule has 0 radical (unpaired) electrons. The molecular formula is C12H23N3O2S. The van der Waals surface area contributed by atoms with Gasteiger partial charge in [-0.1, -0.05) is 0 Å². The van der Waals surface area contributed by atoms with Gasteiger partial charge in [0, 0.05) is 50.3 Å². The molecule has 0 aromatic heterocycles. The molecule has 104 valence electrons. The summed E-state index contributed by atoms with van der Waals surface area (Å²) in [6, 6.07) is 0.293. The minimum atomic E-state index is 0.0936. The van der Waals surface area contributed by atoms with Crippen LogP contribution in [0.1, 0.15) is 6.92 Å². The van der Waals surface area contributed by atoms with Gasteiger partial charge in [0.2, 0.25) is 0 Å². The van der Waals surface area contributed by atoms with E-state index in [9.17, 15) is 4.79 Å². The number of ether oxygens (including phenoxy) is 1. The maximum Gasteiger partial charge on any atom is 0.317 e. The van der Waals surface area contributed by atoms with Crippen LogP contribution in [-0.2, 0) is 4.74 Å². The molecule has 1 N–H and O–H groups in total. The van der Waals surface area contributed by atoms with E-state index in [1.54, 1.807) is 0 Å². The molecular weight excluding hydrogens is 250 g/mol. The molecule has 0 aliphatic carbocycles. The molecule has 0 saturated carbocycles. The lowest BCUT2D eigenvalue weighted by atomic mass is 10.3. The van der Waals surface area contributed by atoms with E-state index in [0.29, 0.717) is 0 Å². The first-order valence-corrected chi connectivity index (χ1v) is 7.84. The monoisotopic (exact) mass is 273 g/mol. The van der Waals surface area contributed by atoms with Gasteiger partial charge in [-0.3, -0.25) is 4.90 Å². The third-order valence-corrected chi connectivity index (χ3v) is 4.25. The van der Waals surface area contributed by atoms with E-state index in [1.807, 2.05) is 16.7 Å². The van der Waals surface area contributed by atoms with Crippen LogP contribution in [0.25, 0.3) is 0 Å². The molecule has 2 aliphatic rings. The number of rotatable bonds is 3. The van der Waals surface area contributed by atoms with Crippen LogP contribution in [0.15, 0.2) is 0 Å². The van der Waals surface area contributed by atoms with Crippen LogP contribution in [0.2, 0.25) is 0 Å². The molecule has 1 atom stereocenters. The molecule has 6 heteroatoms. The first kappa shape index (κ1) is 14.0. The van der Waals surface area contributed by atoms with Crippen LogP contribution in [0.3, 0.4) is 0 Å². The van der Waals surface area contributed by atoms with Gasteiger partial charge in [0.25, 0.3) is 0 Å². The van der Waals surface area contributed by atoms with Crippen molar-refractivity contribution in [3.8, 4) is 0 Å². The maximum atomic E-state index is 12.0. The molecule has 18 heavy (non-hydrogen) atoms. The fraction of sp³-hybridized carbons (Fsp3) is 0.917. The number of amides is 2. The van der Waals surface area contributed by atoms with Crippen LogP contribution in [0.5, 0.6) is 0 Å². The average Bonchev–Trinajstić information content (AvgIpc) is 2.40. The van der Waals surface area contributed by atoms with Crippen LogP contribution in [0.4, 0.5) is 4.79 Å². The van der Waals surface area contributed by atoms with Crippen LogP contribution < -0.4 is 5.32 Å². The molecule has 2 aliphatic heterocycles. The number of hydrogen-bond donors (Lipinski definition) is 1. The van der Waals surface area contributed by atoms with Gasteiger partial charge in [-0.15, -0.1) is 0 Å². The van der Waals surface area contributed by atoms with E-state index in [1.165, 1.54) is 0 Å². The highest BCUT2D eigenvalue weighted by Gasteiger charge is 2.20. The number of morpholine rings is 1. The fourth-order valence-corrected chi connectivity index (χ4v) is 3.19. The van der Waals surface area contributed by atoms with Crippen molar-refractivity contribution in [3.05, 3.63) is 0 Å². The Balaban J connectivity index is 1.68. The van der Waals surface area contributed by atoms with Crippen LogP contribution in [-0.4, -0.2) is 79.3 Å². The van der Waals surface area contributed by atoms with Crippen LogP contribution >= 0.6 is 11.8 Å². The Labute approximate surface area is 113 Å². The second kappa shape index (κ2) is 7.21. The third-order valence-electron chi connectivity index (χ3n) is 3.30. The molecule has 0 bridgehead atoms. The number of nitrogens with zero attached hydrogens (tertiary/aromatic N) is 2. The first-order chi connectivity index (χ1) is 8.75. The minimum absolute atomic E-state index is 0.0936. The molecule has 1 unspecified atom stereocenters.